The molecule has 5 heterocycles. The molecular formula is C27H29N7O5. The van der Waals surface area contributed by atoms with E-state index in [4.69, 9.17) is 14.2 Å². The summed E-state index contributed by atoms with van der Waals surface area (Å²) in [6, 6.07) is 13.4. The number of hydrogen-bond acceptors (Lipinski definition) is 10. The summed E-state index contributed by atoms with van der Waals surface area (Å²) >= 11 is 0. The second-order valence-corrected chi connectivity index (χ2v) is 9.61. The SMILES string of the molecule is O=C1COc2ccc(N3C[C@H](CCNCc4cccc(-c5cc(O[C@@H]6CCNC6)ncn5)c4)OC3=O)nc2N1. The molecule has 39 heavy (non-hydrogen) atoms. The van der Waals surface area contributed by atoms with Crippen molar-refractivity contribution in [2.24, 2.45) is 0 Å². The molecule has 12 nitrogen and oxygen atoms in total. The number of fused-ring (bicyclic) bond motifs is 1. The van der Waals surface area contributed by atoms with E-state index >= 15 is 0 Å². The molecule has 3 aliphatic heterocycles. The number of rotatable bonds is 9. The lowest BCUT2D eigenvalue weighted by Crippen LogP contribution is -2.29. The first-order valence-corrected chi connectivity index (χ1v) is 13.0. The van der Waals surface area contributed by atoms with Gasteiger partial charge in [0.05, 0.1) is 12.2 Å². The predicted molar refractivity (Wildman–Crippen MR) is 142 cm³/mol. The molecule has 202 valence electrons. The van der Waals surface area contributed by atoms with Crippen LogP contribution in [0.15, 0.2) is 48.8 Å². The molecule has 2 saturated heterocycles. The van der Waals surface area contributed by atoms with Crippen LogP contribution in [0.5, 0.6) is 11.6 Å². The first-order chi connectivity index (χ1) is 19.1. The van der Waals surface area contributed by atoms with Gasteiger partial charge in [0, 0.05) is 24.7 Å². The summed E-state index contributed by atoms with van der Waals surface area (Å²) in [5.74, 6) is 1.50. The Kier molecular flexibility index (Phi) is 7.19. The van der Waals surface area contributed by atoms with E-state index in [2.05, 4.69) is 43.0 Å². The molecule has 2 amide bonds. The van der Waals surface area contributed by atoms with Crippen molar-refractivity contribution < 1.29 is 23.8 Å². The van der Waals surface area contributed by atoms with Gasteiger partial charge in [0.1, 0.15) is 24.4 Å². The van der Waals surface area contributed by atoms with Crippen molar-refractivity contribution >= 4 is 23.6 Å². The Hall–Kier alpha value is -4.29. The summed E-state index contributed by atoms with van der Waals surface area (Å²) in [7, 11) is 0. The van der Waals surface area contributed by atoms with E-state index < -0.39 is 6.09 Å². The topological polar surface area (TPSA) is 140 Å². The normalized spacial score (nSPS) is 20.3. The molecule has 0 bridgehead atoms. The number of amides is 2. The zero-order valence-corrected chi connectivity index (χ0v) is 21.3. The van der Waals surface area contributed by atoms with Crippen molar-refractivity contribution in [1.29, 1.82) is 0 Å². The molecule has 3 aromatic rings. The maximum Gasteiger partial charge on any atom is 0.415 e. The minimum atomic E-state index is -0.458. The number of ether oxygens (including phenoxy) is 3. The van der Waals surface area contributed by atoms with E-state index in [0.717, 1.165) is 36.3 Å². The minimum absolute atomic E-state index is 0.0475. The van der Waals surface area contributed by atoms with Crippen LogP contribution in [0.2, 0.25) is 0 Å². The Labute approximate surface area is 225 Å². The molecule has 2 atom stereocenters. The number of pyridine rings is 1. The number of carbonyl (C=O) groups excluding carboxylic acids is 2. The van der Waals surface area contributed by atoms with Gasteiger partial charge in [0.2, 0.25) is 5.88 Å². The van der Waals surface area contributed by atoms with E-state index in [1.807, 2.05) is 18.2 Å². The van der Waals surface area contributed by atoms with Gasteiger partial charge in [0.25, 0.3) is 5.91 Å². The summed E-state index contributed by atoms with van der Waals surface area (Å²) in [6.07, 6.45) is 2.57. The standard InChI is InChI=1S/C27H29N7O5/c35-24-15-37-22-4-5-23(32-26(22)33-24)34-14-20(39-27(34)36)7-9-28-12-17-2-1-3-18(10-17)21-11-25(31-16-30-21)38-19-6-8-29-13-19/h1-5,10-11,16,19-20,28-29H,6-9,12-15H2,(H,32,33,35)/t19-,20+/m1/s1. The zero-order chi connectivity index (χ0) is 26.6. The second-order valence-electron chi connectivity index (χ2n) is 9.61. The van der Waals surface area contributed by atoms with Crippen LogP contribution in [-0.4, -0.2) is 71.9 Å². The fourth-order valence-corrected chi connectivity index (χ4v) is 4.76. The average molecular weight is 532 g/mol. The van der Waals surface area contributed by atoms with E-state index in [-0.39, 0.29) is 24.7 Å². The van der Waals surface area contributed by atoms with Crippen molar-refractivity contribution in [1.82, 2.24) is 25.6 Å². The van der Waals surface area contributed by atoms with Crippen LogP contribution < -0.4 is 30.3 Å². The molecule has 0 spiro atoms. The lowest BCUT2D eigenvalue weighted by atomic mass is 10.1. The molecule has 12 heteroatoms. The Bertz CT molecular complexity index is 1360. The first-order valence-electron chi connectivity index (χ1n) is 13.0. The van der Waals surface area contributed by atoms with E-state index in [0.29, 0.717) is 49.3 Å². The Morgan fingerprint density at radius 3 is 3.00 bits per heavy atom. The first kappa shape index (κ1) is 25.0. The van der Waals surface area contributed by atoms with Crippen molar-refractivity contribution in [2.75, 3.05) is 43.0 Å². The Balaban J connectivity index is 1.000. The van der Waals surface area contributed by atoms with Crippen LogP contribution in [0.1, 0.15) is 18.4 Å². The highest BCUT2D eigenvalue weighted by Crippen LogP contribution is 2.30. The van der Waals surface area contributed by atoms with Gasteiger partial charge in [-0.3, -0.25) is 9.69 Å². The number of carbonyl (C=O) groups is 2. The third-order valence-corrected chi connectivity index (χ3v) is 6.75. The third-order valence-electron chi connectivity index (χ3n) is 6.75. The van der Waals surface area contributed by atoms with Gasteiger partial charge in [-0.25, -0.2) is 19.7 Å². The van der Waals surface area contributed by atoms with Gasteiger partial charge < -0.3 is 30.2 Å². The molecular weight excluding hydrogens is 502 g/mol. The van der Waals surface area contributed by atoms with E-state index in [1.165, 1.54) is 11.2 Å². The quantitative estimate of drug-likeness (QED) is 0.352. The summed E-state index contributed by atoms with van der Waals surface area (Å²) in [5.41, 5.74) is 2.92. The van der Waals surface area contributed by atoms with Crippen LogP contribution in [0.4, 0.5) is 16.4 Å². The fourth-order valence-electron chi connectivity index (χ4n) is 4.76. The summed E-state index contributed by atoms with van der Waals surface area (Å²) in [4.78, 5) is 38.6. The molecule has 0 saturated carbocycles. The number of nitrogens with one attached hydrogen (secondary N) is 3. The van der Waals surface area contributed by atoms with Crippen molar-refractivity contribution in [3.05, 3.63) is 54.4 Å². The van der Waals surface area contributed by atoms with E-state index in [9.17, 15) is 9.59 Å². The van der Waals surface area contributed by atoms with Gasteiger partial charge in [-0.05, 0) is 49.7 Å². The van der Waals surface area contributed by atoms with Crippen molar-refractivity contribution in [3.8, 4) is 22.9 Å². The largest absolute Gasteiger partial charge is 0.480 e. The lowest BCUT2D eigenvalue weighted by molar-refractivity contribution is -0.118. The smallest absolute Gasteiger partial charge is 0.415 e. The number of benzene rings is 1. The molecule has 0 unspecified atom stereocenters. The van der Waals surface area contributed by atoms with Crippen LogP contribution in [-0.2, 0) is 16.1 Å². The molecule has 3 aliphatic rings. The average Bonchev–Trinajstić information content (AvgIpc) is 3.60. The predicted octanol–water partition coefficient (Wildman–Crippen LogP) is 2.12. The summed E-state index contributed by atoms with van der Waals surface area (Å²) in [6.45, 7) is 3.45. The molecule has 1 aromatic carbocycles. The summed E-state index contributed by atoms with van der Waals surface area (Å²) < 4.78 is 16.9. The van der Waals surface area contributed by atoms with E-state index in [1.54, 1.807) is 12.1 Å². The number of nitrogens with zero attached hydrogens (tertiary/aromatic N) is 4. The lowest BCUT2D eigenvalue weighted by Gasteiger charge is -2.19. The Morgan fingerprint density at radius 2 is 2.10 bits per heavy atom. The van der Waals surface area contributed by atoms with Gasteiger partial charge >= 0.3 is 6.09 Å². The highest BCUT2D eigenvalue weighted by atomic mass is 16.6. The number of aromatic nitrogens is 3. The minimum Gasteiger partial charge on any atom is -0.480 e. The molecule has 0 aliphatic carbocycles. The second kappa shape index (κ2) is 11.2. The number of hydrogen-bond donors (Lipinski definition) is 3. The monoisotopic (exact) mass is 531 g/mol. The van der Waals surface area contributed by atoms with Crippen molar-refractivity contribution in [2.45, 2.75) is 31.6 Å². The molecule has 0 radical (unpaired) electrons. The zero-order valence-electron chi connectivity index (χ0n) is 21.3. The highest BCUT2D eigenvalue weighted by molar-refractivity contribution is 5.95. The third kappa shape index (κ3) is 5.91. The fraction of sp³-hybridized carbons (Fsp3) is 0.370. The van der Waals surface area contributed by atoms with Gasteiger partial charge in [-0.15, -0.1) is 0 Å². The maximum absolute atomic E-state index is 12.5. The van der Waals surface area contributed by atoms with Crippen molar-refractivity contribution in [3.63, 3.8) is 0 Å². The van der Waals surface area contributed by atoms with Gasteiger partial charge in [-0.1, -0.05) is 18.2 Å². The maximum atomic E-state index is 12.5. The van der Waals surface area contributed by atoms with Crippen LogP contribution in [0.25, 0.3) is 11.3 Å². The molecule has 3 N–H and O–H groups in total. The molecule has 6 rings (SSSR count). The molecule has 2 aromatic heterocycles. The Morgan fingerprint density at radius 1 is 1.15 bits per heavy atom. The van der Waals surface area contributed by atoms with Gasteiger partial charge in [-0.2, -0.15) is 0 Å². The number of cyclic esters (lactones) is 1. The van der Waals surface area contributed by atoms with Crippen LogP contribution in [0, 0.1) is 0 Å². The summed E-state index contributed by atoms with van der Waals surface area (Å²) in [5, 5.41) is 9.38. The van der Waals surface area contributed by atoms with Gasteiger partial charge in [0.15, 0.2) is 18.2 Å². The van der Waals surface area contributed by atoms with Crippen LogP contribution >= 0.6 is 0 Å². The van der Waals surface area contributed by atoms with Crippen LogP contribution in [0.3, 0.4) is 0 Å². The highest BCUT2D eigenvalue weighted by Gasteiger charge is 2.33. The molecule has 2 fully saturated rings. The number of anilines is 2.